The van der Waals surface area contributed by atoms with Crippen molar-refractivity contribution in [2.24, 2.45) is 0 Å². The van der Waals surface area contributed by atoms with E-state index in [-0.39, 0.29) is 17.8 Å². The summed E-state index contributed by atoms with van der Waals surface area (Å²) in [5.74, 6) is 0.712. The molecule has 0 saturated carbocycles. The summed E-state index contributed by atoms with van der Waals surface area (Å²) >= 11 is 0. The van der Waals surface area contributed by atoms with Gasteiger partial charge in [0.1, 0.15) is 6.10 Å². The topological polar surface area (TPSA) is 97.0 Å². The van der Waals surface area contributed by atoms with Crippen LogP contribution in [0.25, 0.3) is 0 Å². The lowest BCUT2D eigenvalue weighted by atomic mass is 10.1. The summed E-state index contributed by atoms with van der Waals surface area (Å²) in [5, 5.41) is 12.6. The second-order valence-corrected chi connectivity index (χ2v) is 4.33. The molecule has 0 spiro atoms. The van der Waals surface area contributed by atoms with Crippen molar-refractivity contribution in [3.05, 3.63) is 41.7 Å². The monoisotopic (exact) mass is 259 g/mol. The molecular formula is C13H17N5O. The molecule has 0 aliphatic rings. The van der Waals surface area contributed by atoms with Crippen molar-refractivity contribution < 1.29 is 5.11 Å². The number of nitrogens with zero attached hydrogens (tertiary/aromatic N) is 3. The first-order valence-electron chi connectivity index (χ1n) is 6.07. The van der Waals surface area contributed by atoms with Crippen LogP contribution >= 0.6 is 0 Å². The predicted octanol–water partition coefficient (Wildman–Crippen LogP) is 1.68. The molecule has 0 saturated heterocycles. The van der Waals surface area contributed by atoms with E-state index in [2.05, 4.69) is 20.3 Å². The highest BCUT2D eigenvalue weighted by atomic mass is 16.3. The summed E-state index contributed by atoms with van der Waals surface area (Å²) in [6, 6.07) is 9.95. The van der Waals surface area contributed by atoms with Crippen molar-refractivity contribution in [1.29, 1.82) is 0 Å². The van der Waals surface area contributed by atoms with E-state index >= 15 is 0 Å². The lowest BCUT2D eigenvalue weighted by Crippen LogP contribution is -2.13. The third-order valence-corrected chi connectivity index (χ3v) is 2.69. The van der Waals surface area contributed by atoms with Crippen LogP contribution in [0.1, 0.15) is 37.4 Å². The molecule has 2 atom stereocenters. The van der Waals surface area contributed by atoms with E-state index in [1.807, 2.05) is 37.3 Å². The van der Waals surface area contributed by atoms with Gasteiger partial charge in [-0.3, -0.25) is 0 Å². The minimum Gasteiger partial charge on any atom is -0.385 e. The van der Waals surface area contributed by atoms with E-state index in [1.165, 1.54) is 0 Å². The molecule has 1 aromatic carbocycles. The Hall–Kier alpha value is -2.21. The van der Waals surface area contributed by atoms with Crippen molar-refractivity contribution in [1.82, 2.24) is 15.0 Å². The molecule has 0 amide bonds. The summed E-state index contributed by atoms with van der Waals surface area (Å²) in [5.41, 5.74) is 6.71. The molecule has 0 bridgehead atoms. The highest BCUT2D eigenvalue weighted by Gasteiger charge is 2.11. The number of aromatic nitrogens is 3. The molecule has 0 aliphatic heterocycles. The first kappa shape index (κ1) is 13.2. The number of hydrogen-bond acceptors (Lipinski definition) is 6. The lowest BCUT2D eigenvalue weighted by molar-refractivity contribution is 0.189. The van der Waals surface area contributed by atoms with Gasteiger partial charge in [-0.15, -0.1) is 0 Å². The van der Waals surface area contributed by atoms with Crippen LogP contribution in [0.4, 0.5) is 11.9 Å². The van der Waals surface area contributed by atoms with Crippen molar-refractivity contribution in [2.45, 2.75) is 26.0 Å². The highest BCUT2D eigenvalue weighted by molar-refractivity contribution is 5.35. The minimum absolute atomic E-state index is 0.0323. The number of rotatable bonds is 4. The van der Waals surface area contributed by atoms with Gasteiger partial charge in [0.15, 0.2) is 5.82 Å². The Kier molecular flexibility index (Phi) is 3.91. The second-order valence-electron chi connectivity index (χ2n) is 4.33. The van der Waals surface area contributed by atoms with E-state index in [0.29, 0.717) is 5.95 Å². The first-order valence-corrected chi connectivity index (χ1v) is 6.07. The van der Waals surface area contributed by atoms with Crippen LogP contribution in [0.15, 0.2) is 30.3 Å². The number of aliphatic hydroxyl groups is 1. The Balaban J connectivity index is 2.19. The Morgan fingerprint density at radius 3 is 2.42 bits per heavy atom. The van der Waals surface area contributed by atoms with Gasteiger partial charge in [0.2, 0.25) is 11.9 Å². The zero-order chi connectivity index (χ0) is 13.8. The molecule has 6 nitrogen and oxygen atoms in total. The number of hydrogen-bond donors (Lipinski definition) is 3. The van der Waals surface area contributed by atoms with Gasteiger partial charge in [-0.2, -0.15) is 15.0 Å². The minimum atomic E-state index is -0.780. The largest absolute Gasteiger partial charge is 0.385 e. The van der Waals surface area contributed by atoms with Crippen LogP contribution in [0.5, 0.6) is 0 Å². The zero-order valence-corrected chi connectivity index (χ0v) is 10.9. The van der Waals surface area contributed by atoms with Gasteiger partial charge in [-0.1, -0.05) is 30.3 Å². The first-order chi connectivity index (χ1) is 9.06. The molecule has 0 radical (unpaired) electrons. The van der Waals surface area contributed by atoms with Crippen LogP contribution in [-0.4, -0.2) is 20.1 Å². The molecule has 1 aromatic heterocycles. The van der Waals surface area contributed by atoms with E-state index in [9.17, 15) is 5.11 Å². The predicted molar refractivity (Wildman–Crippen MR) is 73.4 cm³/mol. The third kappa shape index (κ3) is 3.38. The fourth-order valence-electron chi connectivity index (χ4n) is 1.68. The smallest absolute Gasteiger partial charge is 0.228 e. The van der Waals surface area contributed by atoms with Crippen LogP contribution in [0.2, 0.25) is 0 Å². The normalized spacial score (nSPS) is 13.8. The molecule has 0 unspecified atom stereocenters. The molecule has 6 heteroatoms. The summed E-state index contributed by atoms with van der Waals surface area (Å²) in [7, 11) is 0. The summed E-state index contributed by atoms with van der Waals surface area (Å²) in [4.78, 5) is 12.0. The van der Waals surface area contributed by atoms with Crippen molar-refractivity contribution in [3.63, 3.8) is 0 Å². The Labute approximate surface area is 111 Å². The van der Waals surface area contributed by atoms with Gasteiger partial charge in [-0.05, 0) is 19.4 Å². The standard InChI is InChI=1S/C13H17N5O/c1-8(10-6-4-3-5-7-10)15-13-17-11(9(2)19)16-12(14)18-13/h3-9,19H,1-2H3,(H3,14,15,16,17,18)/t8-,9+/m0/s1. The molecule has 4 N–H and O–H groups in total. The van der Waals surface area contributed by atoms with Crippen molar-refractivity contribution in [2.75, 3.05) is 11.1 Å². The Morgan fingerprint density at radius 1 is 1.11 bits per heavy atom. The third-order valence-electron chi connectivity index (χ3n) is 2.69. The molecule has 1 heterocycles. The number of nitrogens with two attached hydrogens (primary N) is 1. The summed E-state index contributed by atoms with van der Waals surface area (Å²) < 4.78 is 0. The molecule has 0 fully saturated rings. The average Bonchev–Trinajstić information content (AvgIpc) is 2.39. The average molecular weight is 259 g/mol. The van der Waals surface area contributed by atoms with E-state index in [0.717, 1.165) is 5.56 Å². The number of benzene rings is 1. The molecule has 100 valence electrons. The summed E-state index contributed by atoms with van der Waals surface area (Å²) in [6.07, 6.45) is -0.780. The van der Waals surface area contributed by atoms with Gasteiger partial charge in [-0.25, -0.2) is 0 Å². The van der Waals surface area contributed by atoms with E-state index in [1.54, 1.807) is 6.92 Å². The molecular weight excluding hydrogens is 242 g/mol. The molecule has 19 heavy (non-hydrogen) atoms. The van der Waals surface area contributed by atoms with Crippen molar-refractivity contribution in [3.8, 4) is 0 Å². The number of anilines is 2. The molecule has 2 rings (SSSR count). The number of nitrogen functional groups attached to an aromatic ring is 1. The lowest BCUT2D eigenvalue weighted by Gasteiger charge is -2.15. The molecule has 0 aliphatic carbocycles. The second kappa shape index (κ2) is 5.62. The quantitative estimate of drug-likeness (QED) is 0.773. The van der Waals surface area contributed by atoms with Gasteiger partial charge in [0.05, 0.1) is 6.04 Å². The van der Waals surface area contributed by atoms with Gasteiger partial charge in [0.25, 0.3) is 0 Å². The van der Waals surface area contributed by atoms with Gasteiger partial charge < -0.3 is 16.2 Å². The fraction of sp³-hybridized carbons (Fsp3) is 0.308. The van der Waals surface area contributed by atoms with Gasteiger partial charge in [0, 0.05) is 0 Å². The van der Waals surface area contributed by atoms with Crippen LogP contribution in [0, 0.1) is 0 Å². The van der Waals surface area contributed by atoms with Crippen LogP contribution in [-0.2, 0) is 0 Å². The van der Waals surface area contributed by atoms with Gasteiger partial charge >= 0.3 is 0 Å². The fourth-order valence-corrected chi connectivity index (χ4v) is 1.68. The maximum Gasteiger partial charge on any atom is 0.228 e. The van der Waals surface area contributed by atoms with E-state index < -0.39 is 6.10 Å². The zero-order valence-electron chi connectivity index (χ0n) is 10.9. The van der Waals surface area contributed by atoms with E-state index in [4.69, 9.17) is 5.73 Å². The van der Waals surface area contributed by atoms with Crippen LogP contribution < -0.4 is 11.1 Å². The number of nitrogens with one attached hydrogen (secondary N) is 1. The Bertz CT molecular complexity index is 544. The SMILES string of the molecule is C[C@H](Nc1nc(N)nc([C@@H](C)O)n1)c1ccccc1. The highest BCUT2D eigenvalue weighted by Crippen LogP contribution is 2.17. The van der Waals surface area contributed by atoms with Crippen LogP contribution in [0.3, 0.4) is 0 Å². The molecule has 2 aromatic rings. The van der Waals surface area contributed by atoms with Crippen molar-refractivity contribution >= 4 is 11.9 Å². The summed E-state index contributed by atoms with van der Waals surface area (Å²) in [6.45, 7) is 3.58. The maximum atomic E-state index is 9.49. The maximum absolute atomic E-state index is 9.49. The number of aliphatic hydroxyl groups excluding tert-OH is 1. The Morgan fingerprint density at radius 2 is 1.79 bits per heavy atom.